The zero-order valence-corrected chi connectivity index (χ0v) is 12.7. The molecule has 0 aliphatic heterocycles. The highest BCUT2D eigenvalue weighted by Crippen LogP contribution is 2.01. The van der Waals surface area contributed by atoms with E-state index in [2.05, 4.69) is 28.7 Å². The molecule has 0 bridgehead atoms. The van der Waals surface area contributed by atoms with Crippen LogP contribution in [0.25, 0.3) is 0 Å². The van der Waals surface area contributed by atoms with E-state index in [0.717, 1.165) is 31.6 Å². The van der Waals surface area contributed by atoms with E-state index in [4.69, 9.17) is 4.74 Å². The molecule has 6 nitrogen and oxygen atoms in total. The molecule has 0 aliphatic rings. The number of rotatable bonds is 10. The lowest BCUT2D eigenvalue weighted by atomic mass is 10.3. The van der Waals surface area contributed by atoms with Gasteiger partial charge in [-0.25, -0.2) is 0 Å². The molecule has 0 atom stereocenters. The van der Waals surface area contributed by atoms with Crippen molar-refractivity contribution >= 4 is 5.91 Å². The maximum absolute atomic E-state index is 11.5. The van der Waals surface area contributed by atoms with E-state index < -0.39 is 0 Å². The SMILES string of the molecule is COCCCNC(=O)CNCCCn1nc(C)cc1C. The fraction of sp³-hybridized carbons (Fsp3) is 0.714. The van der Waals surface area contributed by atoms with E-state index in [1.807, 2.05) is 11.6 Å². The van der Waals surface area contributed by atoms with Gasteiger partial charge in [-0.1, -0.05) is 0 Å². The molecule has 2 N–H and O–H groups in total. The highest BCUT2D eigenvalue weighted by atomic mass is 16.5. The summed E-state index contributed by atoms with van der Waals surface area (Å²) in [6.07, 6.45) is 1.80. The van der Waals surface area contributed by atoms with E-state index in [1.165, 1.54) is 5.69 Å². The number of nitrogens with one attached hydrogen (secondary N) is 2. The fourth-order valence-corrected chi connectivity index (χ4v) is 1.96. The van der Waals surface area contributed by atoms with Gasteiger partial charge in [0.15, 0.2) is 0 Å². The number of carbonyl (C=O) groups is 1. The lowest BCUT2D eigenvalue weighted by Gasteiger charge is -2.07. The summed E-state index contributed by atoms with van der Waals surface area (Å²) in [5.41, 5.74) is 2.23. The van der Waals surface area contributed by atoms with Crippen LogP contribution in [0.4, 0.5) is 0 Å². The molecule has 1 heterocycles. The predicted octanol–water partition coefficient (Wildman–Crippen LogP) is 0.632. The minimum Gasteiger partial charge on any atom is -0.385 e. The second-order valence-electron chi connectivity index (χ2n) is 4.88. The lowest BCUT2D eigenvalue weighted by molar-refractivity contribution is -0.120. The number of hydrogen-bond acceptors (Lipinski definition) is 4. The Kier molecular flexibility index (Phi) is 7.91. The van der Waals surface area contributed by atoms with Crippen molar-refractivity contribution < 1.29 is 9.53 Å². The largest absolute Gasteiger partial charge is 0.385 e. The maximum atomic E-state index is 11.5. The number of hydrogen-bond donors (Lipinski definition) is 2. The van der Waals surface area contributed by atoms with E-state index >= 15 is 0 Å². The molecule has 1 aromatic rings. The lowest BCUT2D eigenvalue weighted by Crippen LogP contribution is -2.35. The number of aromatic nitrogens is 2. The van der Waals surface area contributed by atoms with Crippen LogP contribution in [0.5, 0.6) is 0 Å². The molecule has 1 aromatic heterocycles. The summed E-state index contributed by atoms with van der Waals surface area (Å²) >= 11 is 0. The summed E-state index contributed by atoms with van der Waals surface area (Å²) < 4.78 is 6.92. The van der Waals surface area contributed by atoms with Crippen molar-refractivity contribution in [1.29, 1.82) is 0 Å². The van der Waals surface area contributed by atoms with Gasteiger partial charge < -0.3 is 15.4 Å². The van der Waals surface area contributed by atoms with Gasteiger partial charge in [0.05, 0.1) is 12.2 Å². The third-order valence-electron chi connectivity index (χ3n) is 2.96. The number of nitrogens with zero attached hydrogens (tertiary/aromatic N) is 2. The van der Waals surface area contributed by atoms with E-state index in [0.29, 0.717) is 19.7 Å². The van der Waals surface area contributed by atoms with E-state index in [9.17, 15) is 4.79 Å². The molecule has 114 valence electrons. The minimum absolute atomic E-state index is 0.0345. The summed E-state index contributed by atoms with van der Waals surface area (Å²) in [5, 5.41) is 10.4. The third kappa shape index (κ3) is 6.68. The van der Waals surface area contributed by atoms with Crippen LogP contribution in [0.2, 0.25) is 0 Å². The summed E-state index contributed by atoms with van der Waals surface area (Å²) in [4.78, 5) is 11.5. The summed E-state index contributed by atoms with van der Waals surface area (Å²) in [7, 11) is 1.66. The normalized spacial score (nSPS) is 10.8. The Labute approximate surface area is 120 Å². The molecule has 0 unspecified atom stereocenters. The van der Waals surface area contributed by atoms with Crippen LogP contribution in [-0.2, 0) is 16.1 Å². The van der Waals surface area contributed by atoms with Crippen LogP contribution in [0.1, 0.15) is 24.2 Å². The van der Waals surface area contributed by atoms with Crippen molar-refractivity contribution in [3.8, 4) is 0 Å². The average Bonchev–Trinajstić information content (AvgIpc) is 2.73. The highest BCUT2D eigenvalue weighted by Gasteiger charge is 2.01. The maximum Gasteiger partial charge on any atom is 0.233 e. The molecule has 0 fully saturated rings. The Bertz CT molecular complexity index is 404. The fourth-order valence-electron chi connectivity index (χ4n) is 1.96. The number of methoxy groups -OCH3 is 1. The molecular weight excluding hydrogens is 256 g/mol. The van der Waals surface area contributed by atoms with E-state index in [-0.39, 0.29) is 5.91 Å². The van der Waals surface area contributed by atoms with Crippen molar-refractivity contribution in [2.24, 2.45) is 0 Å². The second kappa shape index (κ2) is 9.50. The van der Waals surface area contributed by atoms with Crippen molar-refractivity contribution in [3.05, 3.63) is 17.5 Å². The monoisotopic (exact) mass is 282 g/mol. The van der Waals surface area contributed by atoms with Crippen molar-refractivity contribution in [1.82, 2.24) is 20.4 Å². The first-order chi connectivity index (χ1) is 9.63. The zero-order valence-electron chi connectivity index (χ0n) is 12.7. The predicted molar refractivity (Wildman–Crippen MR) is 78.7 cm³/mol. The number of ether oxygens (including phenoxy) is 1. The van der Waals surface area contributed by atoms with Crippen LogP contribution in [0.3, 0.4) is 0 Å². The molecule has 1 rings (SSSR count). The summed E-state index contributed by atoms with van der Waals surface area (Å²) in [6.45, 7) is 7.45. The van der Waals surface area contributed by atoms with Gasteiger partial charge in [-0.15, -0.1) is 0 Å². The highest BCUT2D eigenvalue weighted by molar-refractivity contribution is 5.77. The molecule has 1 amide bonds. The van der Waals surface area contributed by atoms with Gasteiger partial charge in [0.1, 0.15) is 0 Å². The molecule has 20 heavy (non-hydrogen) atoms. The van der Waals surface area contributed by atoms with Crippen LogP contribution >= 0.6 is 0 Å². The first-order valence-corrected chi connectivity index (χ1v) is 7.11. The van der Waals surface area contributed by atoms with E-state index in [1.54, 1.807) is 7.11 Å². The van der Waals surface area contributed by atoms with Gasteiger partial charge >= 0.3 is 0 Å². The molecule has 0 aromatic carbocycles. The van der Waals surface area contributed by atoms with Gasteiger partial charge in [0, 0.05) is 32.5 Å². The van der Waals surface area contributed by atoms with Gasteiger partial charge in [-0.05, 0) is 39.3 Å². The summed E-state index contributed by atoms with van der Waals surface area (Å²) in [5.74, 6) is 0.0345. The molecule has 0 spiro atoms. The molecule has 0 radical (unpaired) electrons. The quantitative estimate of drug-likeness (QED) is 0.618. The Hall–Kier alpha value is -1.40. The molecule has 6 heteroatoms. The number of amides is 1. The molecule has 0 aliphatic carbocycles. The topological polar surface area (TPSA) is 68.2 Å². The first kappa shape index (κ1) is 16.7. The third-order valence-corrected chi connectivity index (χ3v) is 2.96. The Morgan fingerprint density at radius 3 is 2.80 bits per heavy atom. The van der Waals surface area contributed by atoms with Crippen LogP contribution in [-0.4, -0.2) is 49.0 Å². The van der Waals surface area contributed by atoms with Crippen LogP contribution in [0, 0.1) is 13.8 Å². The standard InChI is InChI=1S/C14H26N4O2/c1-12-10-13(2)18(17-12)8-4-6-15-11-14(19)16-7-5-9-20-3/h10,15H,4-9,11H2,1-3H3,(H,16,19). The van der Waals surface area contributed by atoms with Crippen LogP contribution < -0.4 is 10.6 Å². The van der Waals surface area contributed by atoms with Gasteiger partial charge in [0.2, 0.25) is 5.91 Å². The zero-order chi connectivity index (χ0) is 14.8. The summed E-state index contributed by atoms with van der Waals surface area (Å²) in [6, 6.07) is 2.07. The Morgan fingerprint density at radius 2 is 2.15 bits per heavy atom. The molecular formula is C14H26N4O2. The smallest absolute Gasteiger partial charge is 0.233 e. The van der Waals surface area contributed by atoms with Gasteiger partial charge in [-0.2, -0.15) is 5.10 Å². The second-order valence-corrected chi connectivity index (χ2v) is 4.88. The number of carbonyl (C=O) groups excluding carboxylic acids is 1. The molecule has 0 saturated carbocycles. The average molecular weight is 282 g/mol. The number of aryl methyl sites for hydroxylation is 3. The van der Waals surface area contributed by atoms with Gasteiger partial charge in [0.25, 0.3) is 0 Å². The molecule has 0 saturated heterocycles. The van der Waals surface area contributed by atoms with Crippen molar-refractivity contribution in [3.63, 3.8) is 0 Å². The Morgan fingerprint density at radius 1 is 1.35 bits per heavy atom. The minimum atomic E-state index is 0.0345. The van der Waals surface area contributed by atoms with Crippen molar-refractivity contribution in [2.75, 3.05) is 33.4 Å². The van der Waals surface area contributed by atoms with Crippen molar-refractivity contribution in [2.45, 2.75) is 33.2 Å². The Balaban J connectivity index is 2.01. The first-order valence-electron chi connectivity index (χ1n) is 7.11. The van der Waals surface area contributed by atoms with Crippen LogP contribution in [0.15, 0.2) is 6.07 Å². The van der Waals surface area contributed by atoms with Gasteiger partial charge in [-0.3, -0.25) is 9.48 Å².